The van der Waals surface area contributed by atoms with Crippen molar-refractivity contribution in [1.82, 2.24) is 10.7 Å². The third kappa shape index (κ3) is 6.31. The summed E-state index contributed by atoms with van der Waals surface area (Å²) < 4.78 is 12.9. The van der Waals surface area contributed by atoms with Gasteiger partial charge < -0.3 is 10.6 Å². The van der Waals surface area contributed by atoms with E-state index in [2.05, 4.69) is 21.2 Å². The van der Waals surface area contributed by atoms with Gasteiger partial charge in [0.2, 0.25) is 5.91 Å². The molecule has 2 aromatic carbocycles. The minimum absolute atomic E-state index is 0.129. The van der Waals surface area contributed by atoms with Gasteiger partial charge >= 0.3 is 0 Å². The SMILES string of the molecule is CC(=O)Nc1cccc(/C(C)=N\NC(=S)NCc2ccc(F)cc2)c1. The monoisotopic (exact) mass is 358 g/mol. The predicted octanol–water partition coefficient (Wildman–Crippen LogP) is 3.17. The van der Waals surface area contributed by atoms with E-state index in [0.29, 0.717) is 17.3 Å². The topological polar surface area (TPSA) is 65.5 Å². The van der Waals surface area contributed by atoms with Crippen molar-refractivity contribution < 1.29 is 9.18 Å². The maximum absolute atomic E-state index is 12.9. The van der Waals surface area contributed by atoms with Gasteiger partial charge in [0.25, 0.3) is 0 Å². The molecule has 0 saturated carbocycles. The molecule has 0 aromatic heterocycles. The van der Waals surface area contributed by atoms with E-state index in [0.717, 1.165) is 16.8 Å². The van der Waals surface area contributed by atoms with Crippen LogP contribution in [-0.4, -0.2) is 16.7 Å². The van der Waals surface area contributed by atoms with E-state index in [-0.39, 0.29) is 11.7 Å². The number of amides is 1. The Morgan fingerprint density at radius 2 is 1.88 bits per heavy atom. The quantitative estimate of drug-likeness (QED) is 0.436. The Labute approximate surface area is 151 Å². The summed E-state index contributed by atoms with van der Waals surface area (Å²) in [6.45, 7) is 3.77. The number of benzene rings is 2. The highest BCUT2D eigenvalue weighted by Gasteiger charge is 2.02. The molecule has 130 valence electrons. The second-order valence-electron chi connectivity index (χ2n) is 5.38. The van der Waals surface area contributed by atoms with Gasteiger partial charge in [0.1, 0.15) is 5.82 Å². The molecule has 0 atom stereocenters. The minimum Gasteiger partial charge on any atom is -0.357 e. The molecule has 0 aliphatic carbocycles. The van der Waals surface area contributed by atoms with Crippen molar-refractivity contribution in [2.75, 3.05) is 5.32 Å². The summed E-state index contributed by atoms with van der Waals surface area (Å²) in [6, 6.07) is 13.5. The van der Waals surface area contributed by atoms with Crippen molar-refractivity contribution in [3.05, 3.63) is 65.5 Å². The highest BCUT2D eigenvalue weighted by molar-refractivity contribution is 7.80. The molecule has 2 rings (SSSR count). The molecule has 0 bridgehead atoms. The first-order chi connectivity index (χ1) is 11.9. The highest BCUT2D eigenvalue weighted by Crippen LogP contribution is 2.11. The second kappa shape index (κ2) is 8.89. The molecule has 0 aliphatic rings. The van der Waals surface area contributed by atoms with Crippen LogP contribution in [0.1, 0.15) is 25.0 Å². The van der Waals surface area contributed by atoms with Crippen LogP contribution >= 0.6 is 12.2 Å². The number of hydrogen-bond donors (Lipinski definition) is 3. The number of hydrazone groups is 1. The molecule has 2 aromatic rings. The summed E-state index contributed by atoms with van der Waals surface area (Å²) >= 11 is 5.17. The lowest BCUT2D eigenvalue weighted by atomic mass is 10.1. The molecular weight excluding hydrogens is 339 g/mol. The highest BCUT2D eigenvalue weighted by atomic mass is 32.1. The van der Waals surface area contributed by atoms with Crippen LogP contribution in [0.4, 0.5) is 10.1 Å². The summed E-state index contributed by atoms with van der Waals surface area (Å²) in [6.07, 6.45) is 0. The number of nitrogens with one attached hydrogen (secondary N) is 3. The molecule has 1 amide bonds. The number of carbonyl (C=O) groups is 1. The molecule has 0 spiro atoms. The van der Waals surface area contributed by atoms with Gasteiger partial charge in [-0.1, -0.05) is 24.3 Å². The maximum Gasteiger partial charge on any atom is 0.221 e. The van der Waals surface area contributed by atoms with Crippen LogP contribution in [0.3, 0.4) is 0 Å². The largest absolute Gasteiger partial charge is 0.357 e. The molecule has 0 unspecified atom stereocenters. The van der Waals surface area contributed by atoms with Gasteiger partial charge in [0.05, 0.1) is 5.71 Å². The molecule has 0 fully saturated rings. The fourth-order valence-corrected chi connectivity index (χ4v) is 2.17. The van der Waals surface area contributed by atoms with E-state index in [1.807, 2.05) is 25.1 Å². The van der Waals surface area contributed by atoms with E-state index >= 15 is 0 Å². The van der Waals surface area contributed by atoms with Gasteiger partial charge in [-0.2, -0.15) is 5.10 Å². The molecule has 0 radical (unpaired) electrons. The van der Waals surface area contributed by atoms with Crippen LogP contribution in [0, 0.1) is 5.82 Å². The van der Waals surface area contributed by atoms with Crippen LogP contribution in [-0.2, 0) is 11.3 Å². The lowest BCUT2D eigenvalue weighted by Gasteiger charge is -2.09. The van der Waals surface area contributed by atoms with E-state index in [1.54, 1.807) is 18.2 Å². The average Bonchev–Trinajstić information content (AvgIpc) is 2.59. The fourth-order valence-electron chi connectivity index (χ4n) is 2.05. The minimum atomic E-state index is -0.272. The van der Waals surface area contributed by atoms with Crippen LogP contribution < -0.4 is 16.1 Å². The standard InChI is InChI=1S/C18H19FN4OS/c1-12(15-4-3-5-17(10-15)21-13(2)24)22-23-18(25)20-11-14-6-8-16(19)9-7-14/h3-10H,11H2,1-2H3,(H,21,24)(H2,20,23,25)/b22-12-. The number of thiocarbonyl (C=S) groups is 1. The number of carbonyl (C=O) groups excluding carboxylic acids is 1. The Hall–Kier alpha value is -2.80. The van der Waals surface area contributed by atoms with Crippen molar-refractivity contribution in [2.24, 2.45) is 5.10 Å². The molecule has 0 heterocycles. The normalized spacial score (nSPS) is 10.9. The zero-order valence-electron chi connectivity index (χ0n) is 14.0. The molecule has 5 nitrogen and oxygen atoms in total. The third-order valence-corrected chi connectivity index (χ3v) is 3.53. The van der Waals surface area contributed by atoms with Gasteiger partial charge in [0, 0.05) is 19.2 Å². The van der Waals surface area contributed by atoms with Crippen LogP contribution in [0.25, 0.3) is 0 Å². The summed E-state index contributed by atoms with van der Waals surface area (Å²) in [5.41, 5.74) is 5.97. The van der Waals surface area contributed by atoms with E-state index in [4.69, 9.17) is 12.2 Å². The number of anilines is 1. The average molecular weight is 358 g/mol. The molecule has 25 heavy (non-hydrogen) atoms. The Balaban J connectivity index is 1.90. The van der Waals surface area contributed by atoms with Crippen molar-refractivity contribution in [1.29, 1.82) is 0 Å². The molecule has 0 aliphatic heterocycles. The van der Waals surface area contributed by atoms with Crippen molar-refractivity contribution in [3.63, 3.8) is 0 Å². The number of nitrogens with zero attached hydrogens (tertiary/aromatic N) is 1. The number of rotatable bonds is 5. The Morgan fingerprint density at radius 1 is 1.16 bits per heavy atom. The number of hydrogen-bond acceptors (Lipinski definition) is 3. The van der Waals surface area contributed by atoms with Crippen molar-refractivity contribution >= 4 is 34.6 Å². The fraction of sp³-hybridized carbons (Fsp3) is 0.167. The Kier molecular flexibility index (Phi) is 6.59. The molecule has 0 saturated heterocycles. The summed E-state index contributed by atoms with van der Waals surface area (Å²) in [7, 11) is 0. The molecule has 7 heteroatoms. The number of halogens is 1. The predicted molar refractivity (Wildman–Crippen MR) is 102 cm³/mol. The Morgan fingerprint density at radius 3 is 2.56 bits per heavy atom. The summed E-state index contributed by atoms with van der Waals surface area (Å²) in [5.74, 6) is -0.401. The van der Waals surface area contributed by atoms with Gasteiger partial charge in [-0.15, -0.1) is 0 Å². The lowest BCUT2D eigenvalue weighted by molar-refractivity contribution is -0.114. The van der Waals surface area contributed by atoms with Crippen molar-refractivity contribution in [2.45, 2.75) is 20.4 Å². The third-order valence-electron chi connectivity index (χ3n) is 3.29. The van der Waals surface area contributed by atoms with Gasteiger partial charge in [0.15, 0.2) is 5.11 Å². The zero-order valence-corrected chi connectivity index (χ0v) is 14.8. The van der Waals surface area contributed by atoms with Gasteiger partial charge in [-0.25, -0.2) is 4.39 Å². The molecular formula is C18H19FN4OS. The maximum atomic E-state index is 12.9. The molecule has 3 N–H and O–H groups in total. The van der Waals surface area contributed by atoms with Crippen LogP contribution in [0.2, 0.25) is 0 Å². The van der Waals surface area contributed by atoms with E-state index < -0.39 is 0 Å². The summed E-state index contributed by atoms with van der Waals surface area (Å²) in [5, 5.41) is 10.3. The zero-order chi connectivity index (χ0) is 18.2. The van der Waals surface area contributed by atoms with E-state index in [1.165, 1.54) is 19.1 Å². The van der Waals surface area contributed by atoms with Crippen LogP contribution in [0.15, 0.2) is 53.6 Å². The summed E-state index contributed by atoms with van der Waals surface area (Å²) in [4.78, 5) is 11.1. The smallest absolute Gasteiger partial charge is 0.221 e. The lowest BCUT2D eigenvalue weighted by Crippen LogP contribution is -2.32. The van der Waals surface area contributed by atoms with Crippen molar-refractivity contribution in [3.8, 4) is 0 Å². The first-order valence-corrected chi connectivity index (χ1v) is 8.05. The van der Waals surface area contributed by atoms with Gasteiger partial charge in [-0.05, 0) is 54.5 Å². The first kappa shape index (κ1) is 18.5. The first-order valence-electron chi connectivity index (χ1n) is 7.64. The van der Waals surface area contributed by atoms with Gasteiger partial charge in [-0.3, -0.25) is 10.2 Å². The van der Waals surface area contributed by atoms with Crippen LogP contribution in [0.5, 0.6) is 0 Å². The Bertz CT molecular complexity index is 790. The second-order valence-corrected chi connectivity index (χ2v) is 5.79. The van der Waals surface area contributed by atoms with E-state index in [9.17, 15) is 9.18 Å².